The smallest absolute Gasteiger partial charge is 0.355 e. The largest absolute Gasteiger partial charge is 0.464 e. The average Bonchev–Trinajstić information content (AvgIpc) is 2.35. The first-order chi connectivity index (χ1) is 8.06. The Morgan fingerprint density at radius 2 is 1.82 bits per heavy atom. The number of ether oxygens (including phenoxy) is 1. The molecule has 17 heavy (non-hydrogen) atoms. The standard InChI is InChI=1S/C12H12BrNO3/c1-8(15)14-11(12(16)17-2)10(13)9-6-4-3-5-7-9/h3-7H,1-2H3,(H,14,15)/b11-10+. The number of benzene rings is 1. The van der Waals surface area contributed by atoms with Gasteiger partial charge in [0.2, 0.25) is 5.91 Å². The van der Waals surface area contributed by atoms with Gasteiger partial charge in [-0.15, -0.1) is 0 Å². The molecule has 0 unspecified atom stereocenters. The summed E-state index contributed by atoms with van der Waals surface area (Å²) in [5, 5.41) is 2.45. The minimum absolute atomic E-state index is 0.0891. The molecule has 1 aromatic carbocycles. The molecular formula is C12H12BrNO3. The Bertz CT molecular complexity index is 454. The maximum atomic E-state index is 11.5. The van der Waals surface area contributed by atoms with Crippen molar-refractivity contribution >= 4 is 32.3 Å². The summed E-state index contributed by atoms with van der Waals surface area (Å²) < 4.78 is 5.10. The van der Waals surface area contributed by atoms with Crippen molar-refractivity contribution < 1.29 is 14.3 Å². The van der Waals surface area contributed by atoms with Crippen LogP contribution >= 0.6 is 15.9 Å². The van der Waals surface area contributed by atoms with Crippen LogP contribution in [0.25, 0.3) is 4.48 Å². The summed E-state index contributed by atoms with van der Waals surface area (Å²) >= 11 is 3.29. The van der Waals surface area contributed by atoms with Crippen LogP contribution in [0.15, 0.2) is 36.0 Å². The van der Waals surface area contributed by atoms with E-state index < -0.39 is 5.97 Å². The molecule has 0 heterocycles. The van der Waals surface area contributed by atoms with E-state index in [-0.39, 0.29) is 11.6 Å². The summed E-state index contributed by atoms with van der Waals surface area (Å²) in [5.41, 5.74) is 0.868. The van der Waals surface area contributed by atoms with Crippen molar-refractivity contribution in [3.8, 4) is 0 Å². The lowest BCUT2D eigenvalue weighted by molar-refractivity contribution is -0.137. The third kappa shape index (κ3) is 3.71. The molecule has 1 N–H and O–H groups in total. The molecule has 0 atom stereocenters. The van der Waals surface area contributed by atoms with Crippen molar-refractivity contribution in [1.29, 1.82) is 0 Å². The summed E-state index contributed by atoms with van der Waals surface area (Å²) in [7, 11) is 1.26. The molecule has 4 nitrogen and oxygen atoms in total. The van der Waals surface area contributed by atoms with E-state index in [9.17, 15) is 9.59 Å². The van der Waals surface area contributed by atoms with Crippen LogP contribution in [0.5, 0.6) is 0 Å². The first-order valence-corrected chi connectivity index (χ1v) is 5.66. The van der Waals surface area contributed by atoms with Crippen LogP contribution in [0.1, 0.15) is 12.5 Å². The van der Waals surface area contributed by atoms with Gasteiger partial charge in [0.1, 0.15) is 5.70 Å². The predicted molar refractivity (Wildman–Crippen MR) is 68.1 cm³/mol. The number of methoxy groups -OCH3 is 1. The van der Waals surface area contributed by atoms with Crippen molar-refractivity contribution in [1.82, 2.24) is 5.32 Å². The fourth-order valence-electron chi connectivity index (χ4n) is 1.20. The zero-order valence-electron chi connectivity index (χ0n) is 9.49. The molecule has 0 aliphatic rings. The Balaban J connectivity index is 3.18. The van der Waals surface area contributed by atoms with E-state index in [1.54, 1.807) is 0 Å². The number of esters is 1. The molecule has 0 saturated heterocycles. The molecule has 1 aromatic rings. The maximum absolute atomic E-state index is 11.5. The molecular weight excluding hydrogens is 286 g/mol. The maximum Gasteiger partial charge on any atom is 0.355 e. The zero-order chi connectivity index (χ0) is 12.8. The van der Waals surface area contributed by atoms with Crippen LogP contribution < -0.4 is 5.32 Å². The second-order valence-electron chi connectivity index (χ2n) is 3.23. The van der Waals surface area contributed by atoms with Gasteiger partial charge < -0.3 is 10.1 Å². The van der Waals surface area contributed by atoms with E-state index in [4.69, 9.17) is 0 Å². The van der Waals surface area contributed by atoms with Gasteiger partial charge >= 0.3 is 5.97 Å². The molecule has 5 heteroatoms. The molecule has 90 valence electrons. The highest BCUT2D eigenvalue weighted by Gasteiger charge is 2.16. The highest BCUT2D eigenvalue weighted by molar-refractivity contribution is 9.15. The van der Waals surface area contributed by atoms with Crippen molar-refractivity contribution in [2.45, 2.75) is 6.92 Å². The van der Waals surface area contributed by atoms with E-state index in [1.165, 1.54) is 14.0 Å². The van der Waals surface area contributed by atoms with Gasteiger partial charge in [0, 0.05) is 6.92 Å². The molecule has 0 saturated carbocycles. The van der Waals surface area contributed by atoms with E-state index in [0.717, 1.165) is 5.56 Å². The molecule has 0 bridgehead atoms. The number of rotatable bonds is 3. The third-order valence-electron chi connectivity index (χ3n) is 1.94. The summed E-state index contributed by atoms with van der Waals surface area (Å²) in [6.07, 6.45) is 0. The Labute approximate surface area is 108 Å². The van der Waals surface area contributed by atoms with Gasteiger partial charge in [-0.1, -0.05) is 30.3 Å². The second kappa shape index (κ2) is 6.20. The van der Waals surface area contributed by atoms with E-state index in [2.05, 4.69) is 26.0 Å². The van der Waals surface area contributed by atoms with Crippen LogP contribution in [-0.4, -0.2) is 19.0 Å². The number of carbonyl (C=O) groups is 2. The molecule has 0 fully saturated rings. The van der Waals surface area contributed by atoms with Gasteiger partial charge in [0.05, 0.1) is 11.6 Å². The van der Waals surface area contributed by atoms with Gasteiger partial charge in [-0.05, 0) is 21.5 Å². The highest BCUT2D eigenvalue weighted by atomic mass is 79.9. The Hall–Kier alpha value is -1.62. The normalized spacial score (nSPS) is 11.5. The Morgan fingerprint density at radius 3 is 2.29 bits per heavy atom. The summed E-state index contributed by atoms with van der Waals surface area (Å²) in [6, 6.07) is 9.15. The molecule has 0 aromatic heterocycles. The third-order valence-corrected chi connectivity index (χ3v) is 2.79. The van der Waals surface area contributed by atoms with Crippen LogP contribution in [-0.2, 0) is 14.3 Å². The lowest BCUT2D eigenvalue weighted by Crippen LogP contribution is -2.26. The van der Waals surface area contributed by atoms with Crippen molar-refractivity contribution in [3.63, 3.8) is 0 Å². The second-order valence-corrected chi connectivity index (χ2v) is 4.02. The van der Waals surface area contributed by atoms with Gasteiger partial charge in [0.15, 0.2) is 0 Å². The molecule has 1 rings (SSSR count). The van der Waals surface area contributed by atoms with Crippen molar-refractivity contribution in [3.05, 3.63) is 41.6 Å². The Kier molecular flexibility index (Phi) is 4.90. The van der Waals surface area contributed by atoms with E-state index in [0.29, 0.717) is 4.48 Å². The molecule has 0 spiro atoms. The van der Waals surface area contributed by atoms with Crippen LogP contribution in [0.4, 0.5) is 0 Å². The number of halogens is 1. The highest BCUT2D eigenvalue weighted by Crippen LogP contribution is 2.24. The van der Waals surface area contributed by atoms with E-state index in [1.807, 2.05) is 30.3 Å². The number of hydrogen-bond acceptors (Lipinski definition) is 3. The first kappa shape index (κ1) is 13.4. The van der Waals surface area contributed by atoms with Gasteiger partial charge in [-0.3, -0.25) is 4.79 Å². The summed E-state index contributed by atoms with van der Waals surface area (Å²) in [6.45, 7) is 1.33. The van der Waals surface area contributed by atoms with Gasteiger partial charge in [-0.25, -0.2) is 4.79 Å². The average molecular weight is 298 g/mol. The van der Waals surface area contributed by atoms with Crippen molar-refractivity contribution in [2.75, 3.05) is 7.11 Å². The lowest BCUT2D eigenvalue weighted by Gasteiger charge is -2.09. The topological polar surface area (TPSA) is 55.4 Å². The molecule has 1 amide bonds. The number of amides is 1. The lowest BCUT2D eigenvalue weighted by atomic mass is 10.2. The summed E-state index contributed by atoms with van der Waals surface area (Å²) in [4.78, 5) is 22.6. The van der Waals surface area contributed by atoms with Crippen LogP contribution in [0.2, 0.25) is 0 Å². The minimum Gasteiger partial charge on any atom is -0.464 e. The van der Waals surface area contributed by atoms with Gasteiger partial charge in [-0.2, -0.15) is 0 Å². The van der Waals surface area contributed by atoms with Crippen LogP contribution in [0, 0.1) is 0 Å². The minimum atomic E-state index is -0.601. The molecule has 0 aliphatic heterocycles. The summed E-state index contributed by atoms with van der Waals surface area (Å²) in [5.74, 6) is -0.936. The van der Waals surface area contributed by atoms with Crippen LogP contribution in [0.3, 0.4) is 0 Å². The fourth-order valence-corrected chi connectivity index (χ4v) is 1.73. The predicted octanol–water partition coefficient (Wildman–Crippen LogP) is 2.06. The monoisotopic (exact) mass is 297 g/mol. The zero-order valence-corrected chi connectivity index (χ0v) is 11.1. The Morgan fingerprint density at radius 1 is 1.24 bits per heavy atom. The fraction of sp³-hybridized carbons (Fsp3) is 0.167. The molecule has 0 aliphatic carbocycles. The quantitative estimate of drug-likeness (QED) is 0.686. The first-order valence-electron chi connectivity index (χ1n) is 4.87. The number of nitrogens with one attached hydrogen (secondary N) is 1. The van der Waals surface area contributed by atoms with E-state index >= 15 is 0 Å². The van der Waals surface area contributed by atoms with Crippen molar-refractivity contribution in [2.24, 2.45) is 0 Å². The SMILES string of the molecule is COC(=O)/C(NC(C)=O)=C(\Br)c1ccccc1. The molecule has 0 radical (unpaired) electrons. The number of carbonyl (C=O) groups excluding carboxylic acids is 2. The number of hydrogen-bond donors (Lipinski definition) is 1. The van der Waals surface area contributed by atoms with Gasteiger partial charge in [0.25, 0.3) is 0 Å².